The van der Waals surface area contributed by atoms with E-state index in [-0.39, 0.29) is 11.5 Å². The van der Waals surface area contributed by atoms with Crippen molar-refractivity contribution in [2.75, 3.05) is 0 Å². The van der Waals surface area contributed by atoms with E-state index in [1.807, 2.05) is 72.9 Å². The van der Waals surface area contributed by atoms with Crippen molar-refractivity contribution in [3.63, 3.8) is 0 Å². The summed E-state index contributed by atoms with van der Waals surface area (Å²) < 4.78 is 0. The summed E-state index contributed by atoms with van der Waals surface area (Å²) >= 11 is 0. The summed E-state index contributed by atoms with van der Waals surface area (Å²) in [5.74, 6) is 0.481. The highest BCUT2D eigenvalue weighted by Crippen LogP contribution is 2.41. The number of para-hydroxylation sites is 2. The van der Waals surface area contributed by atoms with E-state index in [1.165, 1.54) is 0 Å². The molecule has 0 radical (unpaired) electrons. The third kappa shape index (κ3) is 3.06. The van der Waals surface area contributed by atoms with Crippen LogP contribution in [0.3, 0.4) is 0 Å². The fourth-order valence-electron chi connectivity index (χ4n) is 4.57. The molecule has 0 saturated heterocycles. The zero-order valence-electron chi connectivity index (χ0n) is 18.7. The molecule has 3 aliphatic rings. The van der Waals surface area contributed by atoms with Crippen LogP contribution in [0.1, 0.15) is 49.9 Å². The zero-order chi connectivity index (χ0) is 22.7. The first-order chi connectivity index (χ1) is 15.2. The Hall–Kier alpha value is -3.66. The number of fused-ring (bicyclic) bond motifs is 6. The Morgan fingerprint density at radius 2 is 1.00 bits per heavy atom. The van der Waals surface area contributed by atoms with Crippen LogP contribution in [-0.2, 0) is 10.8 Å². The number of phenols is 2. The number of aliphatic imine (C=N–C) groups is 2. The smallest absolute Gasteiger partial charge is 0.127 e. The third-order valence-corrected chi connectivity index (χ3v) is 6.69. The summed E-state index contributed by atoms with van der Waals surface area (Å²) in [4.78, 5) is 9.66. The van der Waals surface area contributed by atoms with Gasteiger partial charge in [-0.2, -0.15) is 0 Å². The Balaban J connectivity index is 1.80. The Morgan fingerprint density at radius 1 is 0.594 bits per heavy atom. The number of hydrogen-bond acceptors (Lipinski definition) is 4. The average Bonchev–Trinajstić information content (AvgIpc) is 3.41. The number of hydrogen-bond donors (Lipinski definition) is 2. The number of nitrogens with zero attached hydrogens (tertiary/aromatic N) is 2. The first-order valence-electron chi connectivity index (χ1n) is 10.8. The van der Waals surface area contributed by atoms with Gasteiger partial charge in [0.15, 0.2) is 0 Å². The number of aromatic hydroxyl groups is 2. The van der Waals surface area contributed by atoms with Gasteiger partial charge < -0.3 is 10.2 Å². The molecule has 8 bridgehead atoms. The van der Waals surface area contributed by atoms with Crippen molar-refractivity contribution in [3.05, 3.63) is 94.4 Å². The Morgan fingerprint density at radius 3 is 1.41 bits per heavy atom. The molecule has 0 fully saturated rings. The second-order valence-corrected chi connectivity index (χ2v) is 9.54. The fourth-order valence-corrected chi connectivity index (χ4v) is 4.57. The van der Waals surface area contributed by atoms with Crippen molar-refractivity contribution >= 4 is 23.6 Å². The molecule has 0 aromatic heterocycles. The van der Waals surface area contributed by atoms with Gasteiger partial charge in [-0.25, -0.2) is 0 Å². The lowest BCUT2D eigenvalue weighted by Crippen LogP contribution is -2.27. The van der Waals surface area contributed by atoms with Gasteiger partial charge >= 0.3 is 0 Å². The standard InChI is InChI=1S/C28H26N2O2/c1-27(2)21-9-5-7-17(25(21)31)15-20-12-14-24(30-20)28(3,4)22-10-6-8-18(26(22)32)16-19-11-13-23(27)29-19/h5-16,31-32H,1-4H3/b19-16-,20-15-. The van der Waals surface area contributed by atoms with Gasteiger partial charge in [0.2, 0.25) is 0 Å². The van der Waals surface area contributed by atoms with E-state index < -0.39 is 10.8 Å². The van der Waals surface area contributed by atoms with Crippen molar-refractivity contribution in [2.24, 2.45) is 9.98 Å². The molecule has 4 nitrogen and oxygen atoms in total. The van der Waals surface area contributed by atoms with Crippen LogP contribution in [0.15, 0.2) is 82.1 Å². The molecule has 0 amide bonds. The molecular weight excluding hydrogens is 396 g/mol. The van der Waals surface area contributed by atoms with Crippen LogP contribution < -0.4 is 0 Å². The topological polar surface area (TPSA) is 65.2 Å². The molecule has 0 atom stereocenters. The summed E-state index contributed by atoms with van der Waals surface area (Å²) in [6.07, 6.45) is 11.7. The van der Waals surface area contributed by atoms with Crippen LogP contribution in [0.5, 0.6) is 11.5 Å². The van der Waals surface area contributed by atoms with Crippen molar-refractivity contribution in [2.45, 2.75) is 38.5 Å². The van der Waals surface area contributed by atoms with Crippen LogP contribution in [0.25, 0.3) is 12.2 Å². The minimum atomic E-state index is -0.506. The Labute approximate surface area is 188 Å². The summed E-state index contributed by atoms with van der Waals surface area (Å²) in [6.45, 7) is 8.22. The van der Waals surface area contributed by atoms with E-state index in [9.17, 15) is 10.2 Å². The van der Waals surface area contributed by atoms with Gasteiger partial charge in [-0.15, -0.1) is 0 Å². The molecule has 0 unspecified atom stereocenters. The molecule has 0 spiro atoms. The Kier molecular flexibility index (Phi) is 4.38. The maximum absolute atomic E-state index is 11.1. The molecule has 2 aromatic carbocycles. The Bertz CT molecular complexity index is 1230. The lowest BCUT2D eigenvalue weighted by Gasteiger charge is -2.27. The minimum absolute atomic E-state index is 0.241. The number of benzene rings is 2. The molecule has 4 heteroatoms. The van der Waals surface area contributed by atoms with Crippen LogP contribution >= 0.6 is 0 Å². The maximum atomic E-state index is 11.1. The average molecular weight is 423 g/mol. The monoisotopic (exact) mass is 422 g/mol. The van der Waals surface area contributed by atoms with Gasteiger partial charge in [0.25, 0.3) is 0 Å². The van der Waals surface area contributed by atoms with Crippen molar-refractivity contribution in [3.8, 4) is 11.5 Å². The summed E-state index contributed by atoms with van der Waals surface area (Å²) in [7, 11) is 0. The normalized spacial score (nSPS) is 23.1. The molecule has 3 aliphatic heterocycles. The molecule has 2 aromatic rings. The summed E-state index contributed by atoms with van der Waals surface area (Å²) in [5, 5.41) is 22.3. The first kappa shape index (κ1) is 20.3. The van der Waals surface area contributed by atoms with Gasteiger partial charge in [0.1, 0.15) is 11.5 Å². The minimum Gasteiger partial charge on any atom is -0.507 e. The van der Waals surface area contributed by atoms with E-state index in [0.717, 1.165) is 33.9 Å². The van der Waals surface area contributed by atoms with E-state index >= 15 is 0 Å². The van der Waals surface area contributed by atoms with Crippen LogP contribution in [0.4, 0.5) is 0 Å². The van der Waals surface area contributed by atoms with Crippen molar-refractivity contribution in [1.29, 1.82) is 0 Å². The second-order valence-electron chi connectivity index (χ2n) is 9.54. The molecule has 32 heavy (non-hydrogen) atoms. The molecule has 3 heterocycles. The number of allylic oxidation sites excluding steroid dienone is 4. The molecule has 0 saturated carbocycles. The predicted molar refractivity (Wildman–Crippen MR) is 131 cm³/mol. The van der Waals surface area contributed by atoms with Crippen molar-refractivity contribution in [1.82, 2.24) is 0 Å². The summed E-state index contributed by atoms with van der Waals surface area (Å²) in [6, 6.07) is 11.6. The SMILES string of the molecule is CC1(C)C2=N/C(=C\c3cccc(c3O)C(C)(C)C3=N/C(=C\c4cccc1c4O)C=C3)C=C2. The highest BCUT2D eigenvalue weighted by Gasteiger charge is 2.33. The zero-order valence-corrected chi connectivity index (χ0v) is 18.7. The number of phenolic OH excluding ortho intramolecular Hbond substituents is 2. The van der Waals surface area contributed by atoms with Crippen LogP contribution in [0, 0.1) is 0 Å². The fraction of sp³-hybridized carbons (Fsp3) is 0.214. The lowest BCUT2D eigenvalue weighted by molar-refractivity contribution is 0.457. The van der Waals surface area contributed by atoms with Gasteiger partial charge in [0.05, 0.1) is 22.8 Å². The van der Waals surface area contributed by atoms with E-state index in [1.54, 1.807) is 0 Å². The second kappa shape index (κ2) is 6.92. The van der Waals surface area contributed by atoms with Gasteiger partial charge in [-0.3, -0.25) is 9.98 Å². The quantitative estimate of drug-likeness (QED) is 0.541. The molecule has 160 valence electrons. The maximum Gasteiger partial charge on any atom is 0.127 e. The van der Waals surface area contributed by atoms with Gasteiger partial charge in [0, 0.05) is 33.1 Å². The summed E-state index contributed by atoms with van der Waals surface area (Å²) in [5.41, 5.74) is 5.27. The predicted octanol–water partition coefficient (Wildman–Crippen LogP) is 6.07. The van der Waals surface area contributed by atoms with Crippen LogP contribution in [0.2, 0.25) is 0 Å². The van der Waals surface area contributed by atoms with E-state index in [0.29, 0.717) is 11.1 Å². The molecular formula is C28H26N2O2. The van der Waals surface area contributed by atoms with E-state index in [2.05, 4.69) is 27.7 Å². The third-order valence-electron chi connectivity index (χ3n) is 6.69. The highest BCUT2D eigenvalue weighted by molar-refractivity contribution is 6.08. The molecule has 2 N–H and O–H groups in total. The lowest BCUT2D eigenvalue weighted by atomic mass is 9.78. The molecule has 0 aliphatic carbocycles. The molecule has 5 rings (SSSR count). The highest BCUT2D eigenvalue weighted by atomic mass is 16.3. The largest absolute Gasteiger partial charge is 0.507 e. The van der Waals surface area contributed by atoms with Gasteiger partial charge in [-0.05, 0) is 36.5 Å². The van der Waals surface area contributed by atoms with Crippen LogP contribution in [-0.4, -0.2) is 21.6 Å². The first-order valence-corrected chi connectivity index (χ1v) is 10.8. The van der Waals surface area contributed by atoms with E-state index in [4.69, 9.17) is 9.98 Å². The number of rotatable bonds is 0. The van der Waals surface area contributed by atoms with Crippen molar-refractivity contribution < 1.29 is 10.2 Å². The van der Waals surface area contributed by atoms with Gasteiger partial charge in [-0.1, -0.05) is 64.1 Å².